The van der Waals surface area contributed by atoms with Crippen molar-refractivity contribution in [2.75, 3.05) is 24.7 Å². The van der Waals surface area contributed by atoms with Gasteiger partial charge in [0.25, 0.3) is 0 Å². The van der Waals surface area contributed by atoms with E-state index in [-0.39, 0.29) is 5.60 Å². The van der Waals surface area contributed by atoms with E-state index in [9.17, 15) is 0 Å². The molecule has 3 rings (SSSR count). The molecule has 4 nitrogen and oxygen atoms in total. The highest BCUT2D eigenvalue weighted by Gasteiger charge is 2.36. The Morgan fingerprint density at radius 2 is 2.16 bits per heavy atom. The SMILES string of the molecule is COC1(CNc2ccc3cc(N)ccc3n2)CCC1. The van der Waals surface area contributed by atoms with Gasteiger partial charge in [-0.1, -0.05) is 0 Å². The third-order valence-electron chi connectivity index (χ3n) is 4.00. The first-order chi connectivity index (χ1) is 9.21. The molecule has 1 aliphatic rings. The molecule has 1 heterocycles. The second kappa shape index (κ2) is 4.70. The lowest BCUT2D eigenvalue weighted by Gasteiger charge is -2.40. The normalized spacial score (nSPS) is 17.1. The number of nitrogens with one attached hydrogen (secondary N) is 1. The molecule has 2 aromatic rings. The van der Waals surface area contributed by atoms with Gasteiger partial charge in [0.05, 0.1) is 11.1 Å². The van der Waals surface area contributed by atoms with Crippen LogP contribution in [0.2, 0.25) is 0 Å². The van der Waals surface area contributed by atoms with Gasteiger partial charge in [-0.2, -0.15) is 0 Å². The Hall–Kier alpha value is -1.81. The highest BCUT2D eigenvalue weighted by molar-refractivity contribution is 5.83. The number of nitrogens with two attached hydrogens (primary N) is 1. The number of rotatable bonds is 4. The molecule has 0 radical (unpaired) electrons. The molecule has 1 aliphatic carbocycles. The lowest BCUT2D eigenvalue weighted by Crippen LogP contribution is -2.45. The van der Waals surface area contributed by atoms with E-state index in [0.717, 1.165) is 41.8 Å². The predicted octanol–water partition coefficient (Wildman–Crippen LogP) is 2.80. The molecule has 0 atom stereocenters. The topological polar surface area (TPSA) is 60.2 Å². The molecule has 0 unspecified atom stereocenters. The number of pyridine rings is 1. The van der Waals surface area contributed by atoms with Crippen LogP contribution < -0.4 is 11.1 Å². The van der Waals surface area contributed by atoms with Crippen LogP contribution in [0.5, 0.6) is 0 Å². The van der Waals surface area contributed by atoms with Gasteiger partial charge in [-0.05, 0) is 49.6 Å². The number of ether oxygens (including phenoxy) is 1. The maximum absolute atomic E-state index is 5.76. The second-order valence-electron chi connectivity index (χ2n) is 5.24. The lowest BCUT2D eigenvalue weighted by atomic mass is 9.80. The fraction of sp³-hybridized carbons (Fsp3) is 0.400. The van der Waals surface area contributed by atoms with Crippen LogP contribution in [-0.4, -0.2) is 24.2 Å². The molecular weight excluding hydrogens is 238 g/mol. The summed E-state index contributed by atoms with van der Waals surface area (Å²) in [5.74, 6) is 0.889. The maximum Gasteiger partial charge on any atom is 0.126 e. The van der Waals surface area contributed by atoms with Crippen molar-refractivity contribution in [1.82, 2.24) is 4.98 Å². The van der Waals surface area contributed by atoms with Gasteiger partial charge in [0.1, 0.15) is 5.82 Å². The highest BCUT2D eigenvalue weighted by Crippen LogP contribution is 2.35. The quantitative estimate of drug-likeness (QED) is 0.827. The standard InChI is InChI=1S/C15H19N3O/c1-19-15(7-2-8-15)10-17-14-6-3-11-9-12(16)4-5-13(11)18-14/h3-6,9H,2,7-8,10,16H2,1H3,(H,17,18). The fourth-order valence-corrected chi connectivity index (χ4v) is 2.52. The first-order valence-corrected chi connectivity index (χ1v) is 6.66. The third kappa shape index (κ3) is 2.36. The monoisotopic (exact) mass is 257 g/mol. The third-order valence-corrected chi connectivity index (χ3v) is 4.00. The van der Waals surface area contributed by atoms with E-state index in [1.54, 1.807) is 7.11 Å². The Balaban J connectivity index is 1.76. The highest BCUT2D eigenvalue weighted by atomic mass is 16.5. The van der Waals surface area contributed by atoms with Gasteiger partial charge in [-0.15, -0.1) is 0 Å². The summed E-state index contributed by atoms with van der Waals surface area (Å²) in [5.41, 5.74) is 7.50. The van der Waals surface area contributed by atoms with Crippen LogP contribution in [0.4, 0.5) is 11.5 Å². The van der Waals surface area contributed by atoms with E-state index < -0.39 is 0 Å². The first kappa shape index (κ1) is 12.2. The number of anilines is 2. The van der Waals surface area contributed by atoms with Crippen LogP contribution in [0, 0.1) is 0 Å². The smallest absolute Gasteiger partial charge is 0.126 e. The first-order valence-electron chi connectivity index (χ1n) is 6.66. The van der Waals surface area contributed by atoms with E-state index in [4.69, 9.17) is 10.5 Å². The van der Waals surface area contributed by atoms with E-state index in [2.05, 4.69) is 10.3 Å². The molecule has 1 aromatic heterocycles. The van der Waals surface area contributed by atoms with Crippen molar-refractivity contribution in [2.45, 2.75) is 24.9 Å². The Bertz CT molecular complexity index is 587. The van der Waals surface area contributed by atoms with E-state index in [0.29, 0.717) is 0 Å². The van der Waals surface area contributed by atoms with Crippen molar-refractivity contribution in [3.8, 4) is 0 Å². The van der Waals surface area contributed by atoms with Crippen molar-refractivity contribution in [3.05, 3.63) is 30.3 Å². The molecule has 1 aromatic carbocycles. The van der Waals surface area contributed by atoms with E-state index >= 15 is 0 Å². The van der Waals surface area contributed by atoms with Crippen molar-refractivity contribution in [2.24, 2.45) is 0 Å². The summed E-state index contributed by atoms with van der Waals surface area (Å²) in [5, 5.41) is 4.44. The number of fused-ring (bicyclic) bond motifs is 1. The summed E-state index contributed by atoms with van der Waals surface area (Å²) in [6.45, 7) is 0.816. The molecule has 19 heavy (non-hydrogen) atoms. The van der Waals surface area contributed by atoms with Gasteiger partial charge < -0.3 is 15.8 Å². The molecule has 0 bridgehead atoms. The van der Waals surface area contributed by atoms with Gasteiger partial charge in [0, 0.05) is 24.7 Å². The maximum atomic E-state index is 5.76. The average Bonchev–Trinajstić information content (AvgIpc) is 2.38. The largest absolute Gasteiger partial charge is 0.399 e. The Kier molecular flexibility index (Phi) is 3.03. The molecule has 3 N–H and O–H groups in total. The fourth-order valence-electron chi connectivity index (χ4n) is 2.52. The zero-order valence-corrected chi connectivity index (χ0v) is 11.1. The number of aromatic nitrogens is 1. The summed E-state index contributed by atoms with van der Waals surface area (Å²) < 4.78 is 5.59. The van der Waals surface area contributed by atoms with Gasteiger partial charge in [0.15, 0.2) is 0 Å². The summed E-state index contributed by atoms with van der Waals surface area (Å²) in [4.78, 5) is 4.59. The predicted molar refractivity (Wildman–Crippen MR) is 78.2 cm³/mol. The van der Waals surface area contributed by atoms with Crippen LogP contribution in [0.3, 0.4) is 0 Å². The molecule has 0 saturated heterocycles. The van der Waals surface area contributed by atoms with Gasteiger partial charge >= 0.3 is 0 Å². The van der Waals surface area contributed by atoms with Gasteiger partial charge in [-0.3, -0.25) is 0 Å². The zero-order chi connectivity index (χ0) is 13.3. The van der Waals surface area contributed by atoms with Gasteiger partial charge in [0.2, 0.25) is 0 Å². The molecule has 1 fully saturated rings. The molecule has 4 heteroatoms. The van der Waals surface area contributed by atoms with E-state index in [1.807, 2.05) is 30.3 Å². The summed E-state index contributed by atoms with van der Waals surface area (Å²) >= 11 is 0. The number of nitrogens with zero attached hydrogens (tertiary/aromatic N) is 1. The minimum atomic E-state index is 0.0117. The van der Waals surface area contributed by atoms with Crippen molar-refractivity contribution < 1.29 is 4.74 Å². The van der Waals surface area contributed by atoms with Crippen LogP contribution in [-0.2, 0) is 4.74 Å². The van der Waals surface area contributed by atoms with Crippen LogP contribution in [0.25, 0.3) is 10.9 Å². The van der Waals surface area contributed by atoms with Crippen molar-refractivity contribution in [1.29, 1.82) is 0 Å². The minimum Gasteiger partial charge on any atom is -0.399 e. The van der Waals surface area contributed by atoms with Crippen LogP contribution >= 0.6 is 0 Å². The molecular formula is C15H19N3O. The number of methoxy groups -OCH3 is 1. The average molecular weight is 257 g/mol. The molecule has 0 aliphatic heterocycles. The molecule has 0 amide bonds. The lowest BCUT2D eigenvalue weighted by molar-refractivity contribution is -0.0601. The number of benzene rings is 1. The Morgan fingerprint density at radius 3 is 2.84 bits per heavy atom. The number of nitrogen functional groups attached to an aromatic ring is 1. The Morgan fingerprint density at radius 1 is 1.32 bits per heavy atom. The number of hydrogen-bond donors (Lipinski definition) is 2. The van der Waals surface area contributed by atoms with Crippen LogP contribution in [0.1, 0.15) is 19.3 Å². The molecule has 100 valence electrons. The zero-order valence-electron chi connectivity index (χ0n) is 11.1. The number of hydrogen-bond acceptors (Lipinski definition) is 4. The van der Waals surface area contributed by atoms with Gasteiger partial charge in [-0.25, -0.2) is 4.98 Å². The molecule has 1 saturated carbocycles. The second-order valence-corrected chi connectivity index (χ2v) is 5.24. The van der Waals surface area contributed by atoms with Crippen molar-refractivity contribution in [3.63, 3.8) is 0 Å². The van der Waals surface area contributed by atoms with Crippen molar-refractivity contribution >= 4 is 22.4 Å². The van der Waals surface area contributed by atoms with Crippen LogP contribution in [0.15, 0.2) is 30.3 Å². The minimum absolute atomic E-state index is 0.0117. The summed E-state index contributed by atoms with van der Waals surface area (Å²) in [7, 11) is 1.79. The Labute approximate surface area is 113 Å². The van der Waals surface area contributed by atoms with E-state index in [1.165, 1.54) is 6.42 Å². The summed E-state index contributed by atoms with van der Waals surface area (Å²) in [6.07, 6.45) is 3.50. The molecule has 0 spiro atoms. The summed E-state index contributed by atoms with van der Waals surface area (Å²) in [6, 6.07) is 9.80.